The molecule has 0 spiro atoms. The maximum absolute atomic E-state index is 12.1. The number of rotatable bonds is 7. The average Bonchev–Trinajstić information content (AvgIpc) is 2.66. The normalized spacial score (nSPS) is 16.7. The number of benzene rings is 1. The lowest BCUT2D eigenvalue weighted by atomic mass is 9.95. The quantitative estimate of drug-likeness (QED) is 0.331. The first-order valence-electron chi connectivity index (χ1n) is 10.0. The number of likely N-dealkylation sites (tertiary alicyclic amines) is 1. The van der Waals surface area contributed by atoms with Gasteiger partial charge in [0.2, 0.25) is 5.91 Å². The van der Waals surface area contributed by atoms with Gasteiger partial charge in [0.25, 0.3) is 5.91 Å². The number of hydrogen-bond donors (Lipinski definition) is 2. The van der Waals surface area contributed by atoms with E-state index in [9.17, 15) is 9.59 Å². The van der Waals surface area contributed by atoms with Crippen LogP contribution in [0.25, 0.3) is 0 Å². The summed E-state index contributed by atoms with van der Waals surface area (Å²) in [5.74, 6) is 0.953. The van der Waals surface area contributed by atoms with Crippen LogP contribution in [0.2, 0.25) is 0 Å². The number of guanidine groups is 1. The minimum Gasteiger partial charge on any atom is -0.370 e. The van der Waals surface area contributed by atoms with Crippen molar-refractivity contribution in [2.75, 3.05) is 40.3 Å². The van der Waals surface area contributed by atoms with Crippen LogP contribution in [0, 0.1) is 5.92 Å². The van der Waals surface area contributed by atoms with Crippen molar-refractivity contribution in [3.05, 3.63) is 35.4 Å². The molecule has 162 valence electrons. The summed E-state index contributed by atoms with van der Waals surface area (Å²) in [7, 11) is 3.51. The van der Waals surface area contributed by atoms with E-state index in [0.717, 1.165) is 50.4 Å². The van der Waals surface area contributed by atoms with Crippen molar-refractivity contribution in [1.82, 2.24) is 15.1 Å². The molecule has 2 rings (SSSR count). The molecule has 0 saturated carbocycles. The molecular formula is C21H34IN5O2. The predicted molar refractivity (Wildman–Crippen MR) is 128 cm³/mol. The first kappa shape index (κ1) is 25.2. The van der Waals surface area contributed by atoms with E-state index < -0.39 is 0 Å². The number of nitrogens with zero attached hydrogens (tertiary/aromatic N) is 3. The van der Waals surface area contributed by atoms with Crippen molar-refractivity contribution in [2.45, 2.75) is 32.6 Å². The summed E-state index contributed by atoms with van der Waals surface area (Å²) < 4.78 is 0. The highest BCUT2D eigenvalue weighted by Crippen LogP contribution is 2.19. The minimum absolute atomic E-state index is 0. The highest BCUT2D eigenvalue weighted by Gasteiger charge is 2.23. The van der Waals surface area contributed by atoms with Gasteiger partial charge in [0.05, 0.1) is 0 Å². The smallest absolute Gasteiger partial charge is 0.253 e. The number of hydrogen-bond acceptors (Lipinski definition) is 3. The molecule has 1 aromatic rings. The van der Waals surface area contributed by atoms with Crippen LogP contribution in [0.15, 0.2) is 29.3 Å². The summed E-state index contributed by atoms with van der Waals surface area (Å²) in [6, 6.07) is 7.72. The Bertz CT molecular complexity index is 708. The number of nitrogens with two attached hydrogens (primary N) is 1. The highest BCUT2D eigenvalue weighted by molar-refractivity contribution is 14.0. The van der Waals surface area contributed by atoms with Crippen molar-refractivity contribution >= 4 is 41.8 Å². The Kier molecular flexibility index (Phi) is 11.0. The SMILES string of the molecule is CCNC(=NCCc1cccc(C(=O)N(C)C)c1)N1CCCC(CC(N)=O)C1.I. The molecule has 1 aliphatic rings. The number of aliphatic imine (C=N–C) groups is 1. The summed E-state index contributed by atoms with van der Waals surface area (Å²) in [6.45, 7) is 5.23. The maximum atomic E-state index is 12.1. The van der Waals surface area contributed by atoms with Gasteiger partial charge in [-0.1, -0.05) is 12.1 Å². The molecule has 0 aliphatic carbocycles. The van der Waals surface area contributed by atoms with Gasteiger partial charge in [-0.15, -0.1) is 24.0 Å². The molecule has 29 heavy (non-hydrogen) atoms. The van der Waals surface area contributed by atoms with E-state index in [2.05, 4.69) is 17.1 Å². The lowest BCUT2D eigenvalue weighted by molar-refractivity contribution is -0.119. The Hall–Kier alpha value is -1.84. The fraction of sp³-hybridized carbons (Fsp3) is 0.571. The second-order valence-electron chi connectivity index (χ2n) is 7.51. The standard InChI is InChI=1S/C21H33N5O2.HI/c1-4-23-21(26-12-6-8-17(15-26)14-19(22)27)24-11-10-16-7-5-9-18(13-16)20(28)25(2)3;/h5,7,9,13,17H,4,6,8,10-12,14-15H2,1-3H3,(H2,22,27)(H,23,24);1H. The van der Waals surface area contributed by atoms with Gasteiger partial charge >= 0.3 is 0 Å². The van der Waals surface area contributed by atoms with Gasteiger partial charge < -0.3 is 20.9 Å². The fourth-order valence-electron chi connectivity index (χ4n) is 3.54. The van der Waals surface area contributed by atoms with Crippen LogP contribution in [-0.2, 0) is 11.2 Å². The third-order valence-corrected chi connectivity index (χ3v) is 4.89. The van der Waals surface area contributed by atoms with Crippen LogP contribution in [0.3, 0.4) is 0 Å². The van der Waals surface area contributed by atoms with Gasteiger partial charge in [-0.2, -0.15) is 0 Å². The van der Waals surface area contributed by atoms with Crippen molar-refractivity contribution < 1.29 is 9.59 Å². The van der Waals surface area contributed by atoms with Crippen molar-refractivity contribution in [3.63, 3.8) is 0 Å². The summed E-state index contributed by atoms with van der Waals surface area (Å²) in [5.41, 5.74) is 7.16. The van der Waals surface area contributed by atoms with Gasteiger partial charge in [0.15, 0.2) is 5.96 Å². The summed E-state index contributed by atoms with van der Waals surface area (Å²) in [6.07, 6.45) is 3.27. The van der Waals surface area contributed by atoms with Gasteiger partial charge in [-0.25, -0.2) is 0 Å². The van der Waals surface area contributed by atoms with E-state index in [0.29, 0.717) is 24.4 Å². The van der Waals surface area contributed by atoms with Crippen LogP contribution in [0.5, 0.6) is 0 Å². The zero-order chi connectivity index (χ0) is 20.5. The Balaban J connectivity index is 0.00000420. The molecule has 8 heteroatoms. The fourth-order valence-corrected chi connectivity index (χ4v) is 3.54. The zero-order valence-corrected chi connectivity index (χ0v) is 20.0. The molecule has 7 nitrogen and oxygen atoms in total. The predicted octanol–water partition coefficient (Wildman–Crippen LogP) is 2.10. The van der Waals surface area contributed by atoms with Gasteiger partial charge in [0, 0.05) is 52.3 Å². The Morgan fingerprint density at radius 3 is 2.76 bits per heavy atom. The van der Waals surface area contributed by atoms with E-state index in [-0.39, 0.29) is 35.8 Å². The third-order valence-electron chi connectivity index (χ3n) is 4.89. The first-order chi connectivity index (χ1) is 13.4. The number of nitrogens with one attached hydrogen (secondary N) is 1. The Labute approximate surface area is 191 Å². The molecule has 1 heterocycles. The monoisotopic (exact) mass is 515 g/mol. The number of amides is 2. The average molecular weight is 515 g/mol. The molecule has 0 bridgehead atoms. The van der Waals surface area contributed by atoms with Gasteiger partial charge in [-0.3, -0.25) is 14.6 Å². The molecule has 1 saturated heterocycles. The Morgan fingerprint density at radius 1 is 1.34 bits per heavy atom. The van der Waals surface area contributed by atoms with Crippen LogP contribution >= 0.6 is 24.0 Å². The van der Waals surface area contributed by atoms with Crippen molar-refractivity contribution in [3.8, 4) is 0 Å². The largest absolute Gasteiger partial charge is 0.370 e. The maximum Gasteiger partial charge on any atom is 0.253 e. The van der Waals surface area contributed by atoms with E-state index in [1.165, 1.54) is 0 Å². The highest BCUT2D eigenvalue weighted by atomic mass is 127. The molecule has 1 aromatic carbocycles. The molecule has 3 N–H and O–H groups in total. The first-order valence-corrected chi connectivity index (χ1v) is 10.0. The molecule has 2 amide bonds. The number of piperidine rings is 1. The topological polar surface area (TPSA) is 91.0 Å². The van der Waals surface area contributed by atoms with Crippen LogP contribution in [-0.4, -0.2) is 67.8 Å². The van der Waals surface area contributed by atoms with E-state index in [1.54, 1.807) is 19.0 Å². The molecule has 1 unspecified atom stereocenters. The van der Waals surface area contributed by atoms with Gasteiger partial charge in [-0.05, 0) is 49.8 Å². The lowest BCUT2D eigenvalue weighted by Crippen LogP contribution is -2.47. The van der Waals surface area contributed by atoms with E-state index in [1.807, 2.05) is 24.3 Å². The second kappa shape index (κ2) is 12.7. The number of primary amides is 1. The van der Waals surface area contributed by atoms with Crippen molar-refractivity contribution in [1.29, 1.82) is 0 Å². The molecule has 0 aromatic heterocycles. The second-order valence-corrected chi connectivity index (χ2v) is 7.51. The van der Waals surface area contributed by atoms with Crippen LogP contribution in [0.4, 0.5) is 0 Å². The number of carbonyl (C=O) groups excluding carboxylic acids is 2. The summed E-state index contributed by atoms with van der Waals surface area (Å²) in [5, 5.41) is 3.36. The Morgan fingerprint density at radius 2 is 2.10 bits per heavy atom. The molecule has 1 aliphatic heterocycles. The summed E-state index contributed by atoms with van der Waals surface area (Å²) >= 11 is 0. The van der Waals surface area contributed by atoms with Crippen LogP contribution < -0.4 is 11.1 Å². The molecular weight excluding hydrogens is 481 g/mol. The zero-order valence-electron chi connectivity index (χ0n) is 17.7. The molecule has 0 radical (unpaired) electrons. The van der Waals surface area contributed by atoms with E-state index in [4.69, 9.17) is 10.7 Å². The molecule has 1 fully saturated rings. The summed E-state index contributed by atoms with van der Waals surface area (Å²) in [4.78, 5) is 32.0. The van der Waals surface area contributed by atoms with E-state index >= 15 is 0 Å². The minimum atomic E-state index is -0.235. The van der Waals surface area contributed by atoms with Crippen molar-refractivity contribution in [2.24, 2.45) is 16.6 Å². The van der Waals surface area contributed by atoms with Gasteiger partial charge in [0.1, 0.15) is 0 Å². The lowest BCUT2D eigenvalue weighted by Gasteiger charge is -2.34. The third kappa shape index (κ3) is 8.20. The molecule has 1 atom stereocenters. The number of carbonyl (C=O) groups is 2. The van der Waals surface area contributed by atoms with Crippen LogP contribution in [0.1, 0.15) is 42.1 Å². The number of halogens is 1.